The van der Waals surface area contributed by atoms with E-state index in [2.05, 4.69) is 5.32 Å². The number of hydrogen-bond donors (Lipinski definition) is 3. The van der Waals surface area contributed by atoms with Gasteiger partial charge in [-0.3, -0.25) is 14.9 Å². The molecule has 0 atom stereocenters. The second-order valence-corrected chi connectivity index (χ2v) is 4.50. The highest BCUT2D eigenvalue weighted by Gasteiger charge is 2.08. The van der Waals surface area contributed by atoms with Crippen LogP contribution in [0.25, 0.3) is 0 Å². The fourth-order valence-corrected chi connectivity index (χ4v) is 1.81. The minimum absolute atomic E-state index is 0.0108. The van der Waals surface area contributed by atoms with Crippen molar-refractivity contribution < 1.29 is 14.4 Å². The van der Waals surface area contributed by atoms with Crippen LogP contribution in [0.2, 0.25) is 0 Å². The lowest BCUT2D eigenvalue weighted by Gasteiger charge is -2.19. The van der Waals surface area contributed by atoms with Crippen molar-refractivity contribution in [3.8, 4) is 0 Å². The number of imide groups is 1. The number of rotatable bonds is 6. The van der Waals surface area contributed by atoms with Gasteiger partial charge in [-0.05, 0) is 24.6 Å². The number of carbonyl (C=O) groups is 3. The third kappa shape index (κ3) is 5.94. The summed E-state index contributed by atoms with van der Waals surface area (Å²) in [7, 11) is 0. The first kappa shape index (κ1) is 16.5. The van der Waals surface area contributed by atoms with Crippen LogP contribution in [0.4, 0.5) is 10.5 Å². The molecule has 0 spiro atoms. The van der Waals surface area contributed by atoms with Crippen molar-refractivity contribution in [2.24, 2.45) is 5.73 Å². The lowest BCUT2D eigenvalue weighted by Crippen LogP contribution is -2.38. The largest absolute Gasteiger partial charge is 0.376 e. The van der Waals surface area contributed by atoms with Crippen molar-refractivity contribution in [2.45, 2.75) is 20.4 Å². The Morgan fingerprint density at radius 2 is 2.00 bits per heavy atom. The van der Waals surface area contributed by atoms with Crippen LogP contribution >= 0.6 is 0 Å². The molecule has 114 valence electrons. The summed E-state index contributed by atoms with van der Waals surface area (Å²) in [5, 5.41) is 4.86. The summed E-state index contributed by atoms with van der Waals surface area (Å²) < 4.78 is 0. The average Bonchev–Trinajstić information content (AvgIpc) is 2.42. The molecule has 0 fully saturated rings. The first-order valence-corrected chi connectivity index (χ1v) is 6.60. The molecule has 0 radical (unpaired) electrons. The molecular formula is C14H20N4O3. The maximum Gasteiger partial charge on any atom is 0.318 e. The van der Waals surface area contributed by atoms with Crippen molar-refractivity contribution in [2.75, 3.05) is 18.4 Å². The second-order valence-electron chi connectivity index (χ2n) is 4.50. The van der Waals surface area contributed by atoms with E-state index in [0.29, 0.717) is 13.1 Å². The molecule has 0 aliphatic carbocycles. The van der Waals surface area contributed by atoms with Gasteiger partial charge in [-0.1, -0.05) is 12.1 Å². The number of benzene rings is 1. The van der Waals surface area contributed by atoms with Gasteiger partial charge in [-0.2, -0.15) is 0 Å². The third-order valence-corrected chi connectivity index (χ3v) is 2.84. The lowest BCUT2D eigenvalue weighted by molar-refractivity contribution is -0.129. The maximum atomic E-state index is 11.4. The number of carbonyl (C=O) groups excluding carboxylic acids is 3. The molecule has 1 aromatic carbocycles. The summed E-state index contributed by atoms with van der Waals surface area (Å²) >= 11 is 0. The van der Waals surface area contributed by atoms with Crippen LogP contribution in [-0.4, -0.2) is 35.8 Å². The fraction of sp³-hybridized carbons (Fsp3) is 0.357. The molecule has 1 rings (SSSR count). The fourth-order valence-electron chi connectivity index (χ4n) is 1.81. The van der Waals surface area contributed by atoms with E-state index in [1.165, 1.54) is 6.92 Å². The zero-order valence-electron chi connectivity index (χ0n) is 12.2. The quantitative estimate of drug-likeness (QED) is 0.716. The summed E-state index contributed by atoms with van der Waals surface area (Å²) in [4.78, 5) is 34.9. The zero-order valence-corrected chi connectivity index (χ0v) is 12.2. The number of nitrogens with one attached hydrogen (secondary N) is 2. The highest BCUT2D eigenvalue weighted by Crippen LogP contribution is 2.12. The summed E-state index contributed by atoms with van der Waals surface area (Å²) in [6.07, 6.45) is 0. The van der Waals surface area contributed by atoms with Crippen molar-refractivity contribution in [3.05, 3.63) is 29.8 Å². The Morgan fingerprint density at radius 1 is 1.29 bits per heavy atom. The Labute approximate surface area is 123 Å². The summed E-state index contributed by atoms with van der Waals surface area (Å²) in [5.74, 6) is -0.497. The normalized spacial score (nSPS) is 9.81. The van der Waals surface area contributed by atoms with Crippen LogP contribution in [0.5, 0.6) is 0 Å². The highest BCUT2D eigenvalue weighted by atomic mass is 16.2. The number of urea groups is 1. The molecule has 21 heavy (non-hydrogen) atoms. The molecule has 4 N–H and O–H groups in total. The molecule has 0 aromatic heterocycles. The monoisotopic (exact) mass is 292 g/mol. The summed E-state index contributed by atoms with van der Waals surface area (Å²) in [6, 6.07) is 6.50. The molecule has 0 bridgehead atoms. The molecule has 4 amide bonds. The number of nitrogens with two attached hydrogens (primary N) is 1. The Hall–Kier alpha value is -2.57. The molecule has 0 aliphatic rings. The van der Waals surface area contributed by atoms with E-state index in [4.69, 9.17) is 5.73 Å². The molecular weight excluding hydrogens is 272 g/mol. The molecule has 7 heteroatoms. The molecule has 0 aliphatic heterocycles. The average molecular weight is 292 g/mol. The topological polar surface area (TPSA) is 105 Å². The first-order chi connectivity index (χ1) is 9.92. The van der Waals surface area contributed by atoms with E-state index >= 15 is 0 Å². The predicted octanol–water partition coefficient (Wildman–Crippen LogP) is 0.662. The molecule has 1 aromatic rings. The smallest absolute Gasteiger partial charge is 0.318 e. The van der Waals surface area contributed by atoms with E-state index in [1.807, 2.05) is 30.4 Å². The van der Waals surface area contributed by atoms with Crippen LogP contribution in [-0.2, 0) is 16.1 Å². The third-order valence-electron chi connectivity index (χ3n) is 2.84. The standard InChI is InChI=1S/C14H20N4O3/c1-3-18(10(2)19)9-11-5-4-6-12(7-11)16-8-13(20)17-14(15)21/h4-7,16H,3,8-9H2,1-2H3,(H3,15,17,20,21). The molecule has 0 unspecified atom stereocenters. The van der Waals surface area contributed by atoms with E-state index in [9.17, 15) is 14.4 Å². The van der Waals surface area contributed by atoms with E-state index in [0.717, 1.165) is 11.3 Å². The Bertz CT molecular complexity index is 531. The van der Waals surface area contributed by atoms with Gasteiger partial charge in [0.25, 0.3) is 0 Å². The number of nitrogens with zero attached hydrogens (tertiary/aromatic N) is 1. The van der Waals surface area contributed by atoms with Crippen LogP contribution in [0.3, 0.4) is 0 Å². The Balaban J connectivity index is 2.62. The van der Waals surface area contributed by atoms with Crippen molar-refractivity contribution in [3.63, 3.8) is 0 Å². The van der Waals surface area contributed by atoms with Crippen LogP contribution in [0.15, 0.2) is 24.3 Å². The van der Waals surface area contributed by atoms with E-state index in [1.54, 1.807) is 11.0 Å². The van der Waals surface area contributed by atoms with Crippen molar-refractivity contribution in [1.29, 1.82) is 0 Å². The zero-order chi connectivity index (χ0) is 15.8. The number of primary amides is 1. The summed E-state index contributed by atoms with van der Waals surface area (Å²) in [5.41, 5.74) is 6.53. The minimum atomic E-state index is -0.879. The van der Waals surface area contributed by atoms with Gasteiger partial charge in [0.1, 0.15) is 0 Å². The van der Waals surface area contributed by atoms with E-state index in [-0.39, 0.29) is 12.5 Å². The van der Waals surface area contributed by atoms with Gasteiger partial charge in [0.05, 0.1) is 6.54 Å². The van der Waals surface area contributed by atoms with Gasteiger partial charge in [0, 0.05) is 25.7 Å². The van der Waals surface area contributed by atoms with Crippen molar-refractivity contribution in [1.82, 2.24) is 10.2 Å². The van der Waals surface area contributed by atoms with Crippen LogP contribution in [0, 0.1) is 0 Å². The SMILES string of the molecule is CCN(Cc1cccc(NCC(=O)NC(N)=O)c1)C(C)=O. The number of hydrogen-bond acceptors (Lipinski definition) is 4. The van der Waals surface area contributed by atoms with Gasteiger partial charge in [0.2, 0.25) is 11.8 Å². The molecule has 0 saturated heterocycles. The van der Waals surface area contributed by atoms with Gasteiger partial charge < -0.3 is 16.0 Å². The second kappa shape index (κ2) is 7.88. The lowest BCUT2D eigenvalue weighted by atomic mass is 10.2. The van der Waals surface area contributed by atoms with Gasteiger partial charge in [0.15, 0.2) is 0 Å². The predicted molar refractivity (Wildman–Crippen MR) is 79.4 cm³/mol. The van der Waals surface area contributed by atoms with Gasteiger partial charge in [-0.15, -0.1) is 0 Å². The minimum Gasteiger partial charge on any atom is -0.376 e. The first-order valence-electron chi connectivity index (χ1n) is 6.60. The molecule has 0 heterocycles. The number of anilines is 1. The Morgan fingerprint density at radius 3 is 2.57 bits per heavy atom. The number of amides is 4. The maximum absolute atomic E-state index is 11.4. The van der Waals surface area contributed by atoms with E-state index < -0.39 is 11.9 Å². The van der Waals surface area contributed by atoms with Crippen LogP contribution < -0.4 is 16.4 Å². The Kier molecular flexibility index (Phi) is 6.19. The van der Waals surface area contributed by atoms with Crippen molar-refractivity contribution >= 4 is 23.5 Å². The highest BCUT2D eigenvalue weighted by molar-refractivity contribution is 5.95. The summed E-state index contributed by atoms with van der Waals surface area (Å²) in [6.45, 7) is 4.52. The van der Waals surface area contributed by atoms with Gasteiger partial charge in [-0.25, -0.2) is 4.79 Å². The molecule has 7 nitrogen and oxygen atoms in total. The molecule has 0 saturated carbocycles. The van der Waals surface area contributed by atoms with Gasteiger partial charge >= 0.3 is 6.03 Å². The van der Waals surface area contributed by atoms with Crippen LogP contribution in [0.1, 0.15) is 19.4 Å².